The molecule has 0 bridgehead atoms. The molecule has 0 saturated heterocycles. The van der Waals surface area contributed by atoms with Crippen molar-refractivity contribution in [3.05, 3.63) is 24.0 Å². The normalized spacial score (nSPS) is 16.0. The molecule has 0 saturated carbocycles. The number of fused-ring (bicyclic) bond motifs is 3. The van der Waals surface area contributed by atoms with Crippen molar-refractivity contribution in [1.29, 1.82) is 0 Å². The van der Waals surface area contributed by atoms with Crippen molar-refractivity contribution < 1.29 is 0 Å². The van der Waals surface area contributed by atoms with Gasteiger partial charge in [0.15, 0.2) is 11.6 Å². The third kappa shape index (κ3) is 2.46. The lowest BCUT2D eigenvalue weighted by atomic mass is 10.1. The molecule has 1 aliphatic rings. The maximum atomic E-state index is 4.58. The van der Waals surface area contributed by atoms with Crippen LogP contribution < -0.4 is 10.6 Å². The molecule has 6 heteroatoms. The fourth-order valence-corrected chi connectivity index (χ4v) is 2.79. The number of nitrogens with zero attached hydrogens (tertiary/aromatic N) is 4. The van der Waals surface area contributed by atoms with Crippen LogP contribution in [0.5, 0.6) is 0 Å². The highest BCUT2D eigenvalue weighted by atomic mass is 15.2. The molecule has 0 aromatic carbocycles. The maximum Gasteiger partial charge on any atom is 0.156 e. The van der Waals surface area contributed by atoms with Gasteiger partial charge in [-0.2, -0.15) is 0 Å². The summed E-state index contributed by atoms with van der Waals surface area (Å²) >= 11 is 0. The predicted octanol–water partition coefficient (Wildman–Crippen LogP) is 3.06. The lowest BCUT2D eigenvalue weighted by molar-refractivity contribution is 0.585. The Morgan fingerprint density at radius 3 is 2.95 bits per heavy atom. The zero-order valence-corrected chi connectivity index (χ0v) is 12.8. The zero-order chi connectivity index (χ0) is 14.8. The van der Waals surface area contributed by atoms with Crippen molar-refractivity contribution in [3.63, 3.8) is 0 Å². The van der Waals surface area contributed by atoms with Crippen molar-refractivity contribution in [1.82, 2.24) is 19.5 Å². The average Bonchev–Trinajstić information content (AvgIpc) is 2.93. The topological polar surface area (TPSA) is 67.7 Å². The zero-order valence-electron chi connectivity index (χ0n) is 12.8. The molecule has 2 aromatic heterocycles. The number of unbranched alkanes of at least 4 members (excludes halogenated alkanes) is 1. The van der Waals surface area contributed by atoms with Crippen LogP contribution in [0.1, 0.15) is 50.8 Å². The van der Waals surface area contributed by atoms with Crippen LogP contribution in [-0.4, -0.2) is 26.1 Å². The third-order valence-corrected chi connectivity index (χ3v) is 3.72. The summed E-state index contributed by atoms with van der Waals surface area (Å²) in [5.74, 6) is 3.57. The standard InChI is InChI=1S/C15H22N6/c1-4-6-7-11-15-17-8-9-21(15)12-13(16-5-2)18-10(3)19-14(12)20-11/h8-9,11H,4-7H2,1-3H3,(H2,16,18,19,20). The molecule has 1 atom stereocenters. The van der Waals surface area contributed by atoms with Crippen LogP contribution in [-0.2, 0) is 0 Å². The van der Waals surface area contributed by atoms with Crippen molar-refractivity contribution in [3.8, 4) is 5.69 Å². The summed E-state index contributed by atoms with van der Waals surface area (Å²) in [5, 5.41) is 6.86. The number of aryl methyl sites for hydroxylation is 1. The van der Waals surface area contributed by atoms with E-state index in [2.05, 4.69) is 44.0 Å². The minimum Gasteiger partial charge on any atom is -0.368 e. The van der Waals surface area contributed by atoms with Crippen LogP contribution in [0.25, 0.3) is 5.69 Å². The second-order valence-corrected chi connectivity index (χ2v) is 5.34. The Balaban J connectivity index is 2.07. The number of nitrogens with one attached hydrogen (secondary N) is 2. The van der Waals surface area contributed by atoms with E-state index in [1.54, 1.807) is 0 Å². The molecule has 3 rings (SSSR count). The smallest absolute Gasteiger partial charge is 0.156 e. The molecule has 3 heterocycles. The van der Waals surface area contributed by atoms with Gasteiger partial charge in [0.25, 0.3) is 0 Å². The van der Waals surface area contributed by atoms with Gasteiger partial charge in [-0.05, 0) is 20.3 Å². The van der Waals surface area contributed by atoms with Crippen LogP contribution in [0.4, 0.5) is 11.6 Å². The quantitative estimate of drug-likeness (QED) is 0.884. The van der Waals surface area contributed by atoms with Gasteiger partial charge in [-0.15, -0.1) is 0 Å². The van der Waals surface area contributed by atoms with Crippen molar-refractivity contribution in [2.75, 3.05) is 17.2 Å². The first-order chi connectivity index (χ1) is 10.2. The Labute approximate surface area is 125 Å². The Morgan fingerprint density at radius 2 is 2.19 bits per heavy atom. The Bertz CT molecular complexity index is 633. The highest BCUT2D eigenvalue weighted by Gasteiger charge is 2.28. The number of imidazole rings is 1. The summed E-state index contributed by atoms with van der Waals surface area (Å²) in [6.07, 6.45) is 7.25. The summed E-state index contributed by atoms with van der Waals surface area (Å²) in [5.41, 5.74) is 0.975. The molecule has 0 aliphatic carbocycles. The fourth-order valence-electron chi connectivity index (χ4n) is 2.79. The lowest BCUT2D eigenvalue weighted by Gasteiger charge is -2.28. The number of aromatic nitrogens is 4. The van der Waals surface area contributed by atoms with Gasteiger partial charge in [0.1, 0.15) is 17.3 Å². The number of hydrogen-bond acceptors (Lipinski definition) is 5. The van der Waals surface area contributed by atoms with E-state index < -0.39 is 0 Å². The third-order valence-electron chi connectivity index (χ3n) is 3.72. The number of hydrogen-bond donors (Lipinski definition) is 2. The monoisotopic (exact) mass is 286 g/mol. The minimum absolute atomic E-state index is 0.219. The first kappa shape index (κ1) is 13.9. The molecule has 1 aliphatic heterocycles. The minimum atomic E-state index is 0.219. The van der Waals surface area contributed by atoms with Gasteiger partial charge in [-0.25, -0.2) is 15.0 Å². The van der Waals surface area contributed by atoms with E-state index in [0.717, 1.165) is 41.9 Å². The lowest BCUT2D eigenvalue weighted by Crippen LogP contribution is -2.25. The maximum absolute atomic E-state index is 4.58. The van der Waals surface area contributed by atoms with E-state index >= 15 is 0 Å². The molecular weight excluding hydrogens is 264 g/mol. The Hall–Kier alpha value is -2.11. The van der Waals surface area contributed by atoms with Gasteiger partial charge in [-0.3, -0.25) is 4.57 Å². The highest BCUT2D eigenvalue weighted by Crippen LogP contribution is 2.36. The molecule has 0 amide bonds. The molecule has 0 fully saturated rings. The second-order valence-electron chi connectivity index (χ2n) is 5.34. The predicted molar refractivity (Wildman–Crippen MR) is 83.9 cm³/mol. The average molecular weight is 286 g/mol. The van der Waals surface area contributed by atoms with E-state index in [1.165, 1.54) is 12.8 Å². The van der Waals surface area contributed by atoms with Crippen LogP contribution in [0.3, 0.4) is 0 Å². The van der Waals surface area contributed by atoms with Crippen molar-refractivity contribution in [2.45, 2.75) is 46.1 Å². The fraction of sp³-hybridized carbons (Fsp3) is 0.533. The van der Waals surface area contributed by atoms with Crippen LogP contribution in [0.15, 0.2) is 12.4 Å². The van der Waals surface area contributed by atoms with E-state index in [0.29, 0.717) is 0 Å². The van der Waals surface area contributed by atoms with Gasteiger partial charge in [0.2, 0.25) is 0 Å². The molecule has 6 nitrogen and oxygen atoms in total. The van der Waals surface area contributed by atoms with Gasteiger partial charge in [0, 0.05) is 18.9 Å². The first-order valence-corrected chi connectivity index (χ1v) is 7.67. The van der Waals surface area contributed by atoms with E-state index in [1.807, 2.05) is 19.3 Å². The second kappa shape index (κ2) is 5.71. The molecule has 21 heavy (non-hydrogen) atoms. The highest BCUT2D eigenvalue weighted by molar-refractivity contribution is 5.71. The number of anilines is 2. The van der Waals surface area contributed by atoms with Crippen LogP contribution in [0, 0.1) is 6.92 Å². The van der Waals surface area contributed by atoms with Gasteiger partial charge < -0.3 is 10.6 Å². The van der Waals surface area contributed by atoms with Crippen molar-refractivity contribution in [2.24, 2.45) is 0 Å². The molecule has 112 valence electrons. The largest absolute Gasteiger partial charge is 0.368 e. The summed E-state index contributed by atoms with van der Waals surface area (Å²) in [4.78, 5) is 13.6. The van der Waals surface area contributed by atoms with E-state index in [4.69, 9.17) is 0 Å². The van der Waals surface area contributed by atoms with Crippen LogP contribution in [0.2, 0.25) is 0 Å². The van der Waals surface area contributed by atoms with Crippen molar-refractivity contribution >= 4 is 11.6 Å². The summed E-state index contributed by atoms with van der Waals surface area (Å²) < 4.78 is 2.11. The van der Waals surface area contributed by atoms with E-state index in [-0.39, 0.29) is 6.04 Å². The molecule has 2 aromatic rings. The van der Waals surface area contributed by atoms with E-state index in [9.17, 15) is 0 Å². The number of rotatable bonds is 5. The molecule has 1 unspecified atom stereocenters. The SMILES string of the molecule is CCCCC1Nc2nc(C)nc(NCC)c2-n2ccnc21. The molecule has 0 radical (unpaired) electrons. The molecule has 0 spiro atoms. The van der Waals surface area contributed by atoms with Gasteiger partial charge in [0.05, 0.1) is 6.04 Å². The molecule has 2 N–H and O–H groups in total. The summed E-state index contributed by atoms with van der Waals surface area (Å²) in [6, 6.07) is 0.219. The Kier molecular flexibility index (Phi) is 3.77. The Morgan fingerprint density at radius 1 is 1.33 bits per heavy atom. The summed E-state index contributed by atoms with van der Waals surface area (Å²) in [7, 11) is 0. The summed E-state index contributed by atoms with van der Waals surface area (Å²) in [6.45, 7) is 7.03. The van der Waals surface area contributed by atoms with Gasteiger partial charge >= 0.3 is 0 Å². The first-order valence-electron chi connectivity index (χ1n) is 7.67. The van der Waals surface area contributed by atoms with Crippen LogP contribution >= 0.6 is 0 Å². The van der Waals surface area contributed by atoms with Gasteiger partial charge in [-0.1, -0.05) is 19.8 Å². The molecular formula is C15H22N6.